The summed E-state index contributed by atoms with van der Waals surface area (Å²) in [4.78, 5) is 13.3. The van der Waals surface area contributed by atoms with E-state index in [0.29, 0.717) is 6.42 Å². The first-order valence-electron chi connectivity index (χ1n) is 8.56. The van der Waals surface area contributed by atoms with Gasteiger partial charge in [-0.3, -0.25) is 4.79 Å². The Morgan fingerprint density at radius 2 is 1.73 bits per heavy atom. The summed E-state index contributed by atoms with van der Waals surface area (Å²) in [5.74, 6) is 1.56. The number of hydrogen-bond acceptors (Lipinski definition) is 5. The fourth-order valence-corrected chi connectivity index (χ4v) is 3.63. The van der Waals surface area contributed by atoms with Gasteiger partial charge in [0.15, 0.2) is 6.79 Å². The van der Waals surface area contributed by atoms with E-state index in [-0.39, 0.29) is 18.0 Å². The second-order valence-corrected chi connectivity index (χ2v) is 6.60. The molecule has 0 spiro atoms. The lowest BCUT2D eigenvalue weighted by molar-refractivity contribution is -0.115. The minimum Gasteiger partial charge on any atom is -0.497 e. The Labute approximate surface area is 159 Å². The Kier molecular flexibility index (Phi) is 7.81. The predicted octanol–water partition coefficient (Wildman–Crippen LogP) is 4.36. The maximum atomic E-state index is 12.3. The van der Waals surface area contributed by atoms with Gasteiger partial charge in [0.1, 0.15) is 11.5 Å². The third-order valence-electron chi connectivity index (χ3n) is 3.70. The monoisotopic (exact) mass is 375 g/mol. The van der Waals surface area contributed by atoms with Crippen molar-refractivity contribution in [2.24, 2.45) is 0 Å². The highest BCUT2D eigenvalue weighted by Gasteiger charge is 2.27. The number of carbonyl (C=O) groups is 1. The maximum Gasteiger partial charge on any atom is 0.238 e. The number of carbonyl (C=O) groups excluding carboxylic acids is 1. The summed E-state index contributed by atoms with van der Waals surface area (Å²) < 4.78 is 15.5. The molecular formula is C20H25NO4S. The molecule has 5 nitrogen and oxygen atoms in total. The summed E-state index contributed by atoms with van der Waals surface area (Å²) in [7, 11) is 3.22. The number of ether oxygens (including phenoxy) is 3. The van der Waals surface area contributed by atoms with Crippen LogP contribution in [0.4, 0.5) is 5.69 Å². The molecule has 0 radical (unpaired) electrons. The van der Waals surface area contributed by atoms with E-state index in [1.807, 2.05) is 56.3 Å². The molecule has 26 heavy (non-hydrogen) atoms. The lowest BCUT2D eigenvalue weighted by atomic mass is 10.1. The zero-order valence-corrected chi connectivity index (χ0v) is 16.4. The molecule has 2 aromatic rings. The third kappa shape index (κ3) is 5.16. The number of fused-ring (bicyclic) bond motifs is 1. The van der Waals surface area contributed by atoms with E-state index in [2.05, 4.69) is 5.32 Å². The Balaban J connectivity index is 0.00000117. The molecule has 1 unspecified atom stereocenters. The van der Waals surface area contributed by atoms with Crippen LogP contribution in [-0.4, -0.2) is 32.2 Å². The molecule has 0 saturated carbocycles. The zero-order valence-electron chi connectivity index (χ0n) is 15.6. The van der Waals surface area contributed by atoms with Gasteiger partial charge in [0, 0.05) is 12.0 Å². The summed E-state index contributed by atoms with van der Waals surface area (Å²) >= 11 is 1.55. The van der Waals surface area contributed by atoms with Gasteiger partial charge >= 0.3 is 0 Å². The van der Waals surface area contributed by atoms with E-state index >= 15 is 0 Å². The van der Waals surface area contributed by atoms with Crippen LogP contribution in [0, 0.1) is 0 Å². The van der Waals surface area contributed by atoms with Gasteiger partial charge < -0.3 is 19.5 Å². The minimum atomic E-state index is -0.177. The van der Waals surface area contributed by atoms with Crippen LogP contribution in [0.5, 0.6) is 11.5 Å². The summed E-state index contributed by atoms with van der Waals surface area (Å²) in [6.07, 6.45) is 0.656. The third-order valence-corrected chi connectivity index (χ3v) is 4.95. The average Bonchev–Trinajstić information content (AvgIpc) is 2.69. The van der Waals surface area contributed by atoms with Crippen molar-refractivity contribution in [3.63, 3.8) is 0 Å². The summed E-state index contributed by atoms with van der Waals surface area (Å²) in [5, 5.41) is 2.79. The van der Waals surface area contributed by atoms with Gasteiger partial charge in [-0.15, -0.1) is 11.8 Å². The Hall–Kier alpha value is -2.18. The van der Waals surface area contributed by atoms with Crippen LogP contribution in [0.25, 0.3) is 0 Å². The van der Waals surface area contributed by atoms with Crippen molar-refractivity contribution >= 4 is 23.4 Å². The van der Waals surface area contributed by atoms with Crippen molar-refractivity contribution < 1.29 is 19.0 Å². The number of hydrogen-bond donors (Lipinski definition) is 1. The molecule has 1 amide bonds. The summed E-state index contributed by atoms with van der Waals surface area (Å²) in [6.45, 7) is 4.20. The van der Waals surface area contributed by atoms with Crippen molar-refractivity contribution in [1.82, 2.24) is 0 Å². The first-order chi connectivity index (χ1) is 12.7. The van der Waals surface area contributed by atoms with Gasteiger partial charge in [0.2, 0.25) is 5.91 Å². The molecule has 0 fully saturated rings. The van der Waals surface area contributed by atoms with Gasteiger partial charge in [-0.05, 0) is 42.3 Å². The first kappa shape index (κ1) is 20.1. The predicted molar refractivity (Wildman–Crippen MR) is 105 cm³/mol. The van der Waals surface area contributed by atoms with Crippen LogP contribution < -0.4 is 14.8 Å². The Morgan fingerprint density at radius 1 is 1.04 bits per heavy atom. The van der Waals surface area contributed by atoms with Gasteiger partial charge in [-0.2, -0.15) is 0 Å². The molecule has 1 N–H and O–H groups in total. The fraction of sp³-hybridized carbons (Fsp3) is 0.350. The molecule has 2 aromatic carbocycles. The normalized spacial score (nSPS) is 15.2. The second kappa shape index (κ2) is 10.1. The molecule has 1 aliphatic heterocycles. The van der Waals surface area contributed by atoms with Crippen molar-refractivity contribution in [2.45, 2.75) is 30.4 Å². The number of rotatable bonds is 6. The van der Waals surface area contributed by atoms with E-state index in [4.69, 9.17) is 14.2 Å². The van der Waals surface area contributed by atoms with Crippen LogP contribution in [-0.2, 0) is 16.0 Å². The molecule has 0 aromatic heterocycles. The van der Waals surface area contributed by atoms with E-state index in [9.17, 15) is 4.79 Å². The van der Waals surface area contributed by atoms with Crippen molar-refractivity contribution in [2.75, 3.05) is 26.3 Å². The number of methoxy groups -OCH3 is 2. The molecule has 0 bridgehead atoms. The summed E-state index contributed by atoms with van der Waals surface area (Å²) in [6, 6.07) is 13.4. The number of amides is 1. The smallest absolute Gasteiger partial charge is 0.238 e. The van der Waals surface area contributed by atoms with Crippen molar-refractivity contribution in [3.8, 4) is 11.5 Å². The minimum absolute atomic E-state index is 0.0221. The molecule has 0 aliphatic carbocycles. The number of nitrogens with one attached hydrogen (secondary N) is 1. The van der Waals surface area contributed by atoms with E-state index in [1.54, 1.807) is 26.0 Å². The Morgan fingerprint density at radius 3 is 2.38 bits per heavy atom. The molecule has 6 heteroatoms. The molecule has 1 atom stereocenters. The highest BCUT2D eigenvalue weighted by Crippen LogP contribution is 2.39. The first-order valence-corrected chi connectivity index (χ1v) is 9.44. The Bertz CT molecular complexity index is 718. The lowest BCUT2D eigenvalue weighted by Crippen LogP contribution is -2.30. The molecule has 1 heterocycles. The summed E-state index contributed by atoms with van der Waals surface area (Å²) in [5.41, 5.74) is 1.92. The van der Waals surface area contributed by atoms with Crippen LogP contribution in [0.15, 0.2) is 47.4 Å². The molecular weight excluding hydrogens is 350 g/mol. The molecule has 140 valence electrons. The van der Waals surface area contributed by atoms with E-state index in [1.165, 1.54) is 0 Å². The van der Waals surface area contributed by atoms with Crippen LogP contribution in [0.1, 0.15) is 19.4 Å². The van der Waals surface area contributed by atoms with Gasteiger partial charge in [0.25, 0.3) is 0 Å². The number of benzene rings is 2. The van der Waals surface area contributed by atoms with Gasteiger partial charge in [0.05, 0.1) is 18.0 Å². The average molecular weight is 375 g/mol. The highest BCUT2D eigenvalue weighted by molar-refractivity contribution is 8.01. The topological polar surface area (TPSA) is 56.8 Å². The number of thioether (sulfide) groups is 1. The van der Waals surface area contributed by atoms with Crippen LogP contribution in [0.3, 0.4) is 0 Å². The number of anilines is 1. The zero-order chi connectivity index (χ0) is 18.9. The lowest BCUT2D eigenvalue weighted by Gasteiger charge is -2.24. The largest absolute Gasteiger partial charge is 0.497 e. The fourth-order valence-electron chi connectivity index (χ4n) is 2.45. The quantitative estimate of drug-likeness (QED) is 0.760. The standard InChI is InChI=1S/C18H19NO4S.C2H6/c1-21-11-23-14-7-8-15-16(10-14)24-17(18(20)19-15)9-12-3-5-13(22-2)6-4-12;1-2/h3-8,10,17H,9,11H2,1-2H3,(H,19,20);1-2H3. The van der Waals surface area contributed by atoms with Crippen LogP contribution >= 0.6 is 11.8 Å². The molecule has 0 saturated heterocycles. The van der Waals surface area contributed by atoms with Gasteiger partial charge in [-0.25, -0.2) is 0 Å². The second-order valence-electron chi connectivity index (χ2n) is 5.36. The molecule has 3 rings (SSSR count). The molecule has 1 aliphatic rings. The van der Waals surface area contributed by atoms with E-state index in [0.717, 1.165) is 27.6 Å². The van der Waals surface area contributed by atoms with E-state index < -0.39 is 0 Å². The van der Waals surface area contributed by atoms with Gasteiger partial charge in [-0.1, -0.05) is 26.0 Å². The SMILES string of the molecule is CC.COCOc1ccc2c(c1)SC(Cc1ccc(OC)cc1)C(=O)N2. The van der Waals surface area contributed by atoms with Crippen molar-refractivity contribution in [1.29, 1.82) is 0 Å². The maximum absolute atomic E-state index is 12.3. The van der Waals surface area contributed by atoms with Crippen LogP contribution in [0.2, 0.25) is 0 Å². The highest BCUT2D eigenvalue weighted by atomic mass is 32.2. The van der Waals surface area contributed by atoms with Crippen molar-refractivity contribution in [3.05, 3.63) is 48.0 Å².